The fourth-order valence-electron chi connectivity index (χ4n) is 2.60. The van der Waals surface area contributed by atoms with Crippen molar-refractivity contribution >= 4 is 37.3 Å². The summed E-state index contributed by atoms with van der Waals surface area (Å²) in [5.74, 6) is -0.312. The first kappa shape index (κ1) is 15.1. The van der Waals surface area contributed by atoms with E-state index in [1.807, 2.05) is 0 Å². The lowest BCUT2D eigenvalue weighted by atomic mass is 10.1. The summed E-state index contributed by atoms with van der Waals surface area (Å²) in [5.41, 5.74) is 0.841. The highest BCUT2D eigenvalue weighted by atomic mass is 79.9. The Labute approximate surface area is 135 Å². The normalized spacial score (nSPS) is 20.0. The Kier molecular flexibility index (Phi) is 4.18. The van der Waals surface area contributed by atoms with Crippen LogP contribution in [0.4, 0.5) is 4.39 Å². The van der Waals surface area contributed by atoms with E-state index in [2.05, 4.69) is 15.9 Å². The Balaban J connectivity index is 1.95. The van der Waals surface area contributed by atoms with Crippen LogP contribution in [-0.4, -0.2) is 19.3 Å². The van der Waals surface area contributed by atoms with Crippen molar-refractivity contribution < 1.29 is 12.8 Å². The van der Waals surface area contributed by atoms with Gasteiger partial charge >= 0.3 is 0 Å². The zero-order valence-corrected chi connectivity index (χ0v) is 14.2. The monoisotopic (exact) mass is 389 g/mol. The highest BCUT2D eigenvalue weighted by Crippen LogP contribution is 2.38. The molecule has 0 amide bonds. The number of halogens is 2. The van der Waals surface area contributed by atoms with Crippen LogP contribution in [0.15, 0.2) is 44.4 Å². The summed E-state index contributed by atoms with van der Waals surface area (Å²) >= 11 is 4.50. The van der Waals surface area contributed by atoms with Gasteiger partial charge in [-0.25, -0.2) is 12.8 Å². The first-order valence-corrected chi connectivity index (χ1v) is 9.56. The molecule has 1 fully saturated rings. The fourth-order valence-corrected chi connectivity index (χ4v) is 6.42. The quantitative estimate of drug-likeness (QED) is 0.789. The molecule has 1 aromatic carbocycles. The first-order valence-electron chi connectivity index (χ1n) is 6.51. The van der Waals surface area contributed by atoms with Crippen LogP contribution >= 0.6 is 27.3 Å². The van der Waals surface area contributed by atoms with E-state index in [4.69, 9.17) is 0 Å². The molecular formula is C14H13BrFNO2S2. The summed E-state index contributed by atoms with van der Waals surface area (Å²) in [6, 6.07) is 9.22. The second-order valence-corrected chi connectivity index (χ2v) is 9.46. The van der Waals surface area contributed by atoms with Gasteiger partial charge in [0.1, 0.15) is 10.0 Å². The van der Waals surface area contributed by atoms with Gasteiger partial charge in [-0.3, -0.25) is 0 Å². The number of hydrogen-bond acceptors (Lipinski definition) is 3. The molecule has 112 valence electrons. The summed E-state index contributed by atoms with van der Waals surface area (Å²) in [6.45, 7) is 0.500. The molecule has 1 aromatic heterocycles. The second-order valence-electron chi connectivity index (χ2n) is 4.88. The standard InChI is InChI=1S/C14H13BrFNO2S2/c15-13-7-8-14(20-13)21(18,19)17-9-1-2-12(17)10-3-5-11(16)6-4-10/h3-8,12H,1-2,9H2/t12-/m1/s1. The summed E-state index contributed by atoms with van der Waals surface area (Å²) in [6.07, 6.45) is 1.57. The minimum Gasteiger partial charge on any atom is -0.207 e. The molecule has 0 N–H and O–H groups in total. The second kappa shape index (κ2) is 5.79. The SMILES string of the molecule is O=S(=O)(c1ccc(Br)s1)N1CCC[C@@H]1c1ccc(F)cc1. The predicted octanol–water partition coefficient (Wildman–Crippen LogP) is 4.18. The van der Waals surface area contributed by atoms with E-state index in [1.54, 1.807) is 24.3 Å². The molecule has 7 heteroatoms. The van der Waals surface area contributed by atoms with Crippen LogP contribution in [0.2, 0.25) is 0 Å². The van der Waals surface area contributed by atoms with E-state index < -0.39 is 10.0 Å². The third kappa shape index (κ3) is 2.92. The van der Waals surface area contributed by atoms with Gasteiger partial charge < -0.3 is 0 Å². The molecule has 0 radical (unpaired) electrons. The van der Waals surface area contributed by atoms with E-state index >= 15 is 0 Å². The van der Waals surface area contributed by atoms with E-state index in [1.165, 1.54) is 27.8 Å². The van der Waals surface area contributed by atoms with Crippen molar-refractivity contribution in [2.45, 2.75) is 23.1 Å². The van der Waals surface area contributed by atoms with E-state index in [0.29, 0.717) is 10.8 Å². The van der Waals surface area contributed by atoms with Gasteiger partial charge in [0.05, 0.1) is 9.83 Å². The molecule has 0 aliphatic carbocycles. The van der Waals surface area contributed by atoms with Crippen LogP contribution in [0.1, 0.15) is 24.4 Å². The van der Waals surface area contributed by atoms with Crippen molar-refractivity contribution in [3.8, 4) is 0 Å². The summed E-state index contributed by atoms with van der Waals surface area (Å²) in [4.78, 5) is 0. The van der Waals surface area contributed by atoms with E-state index in [0.717, 1.165) is 22.2 Å². The van der Waals surface area contributed by atoms with Crippen molar-refractivity contribution in [1.29, 1.82) is 0 Å². The Hall–Kier alpha value is -0.760. The van der Waals surface area contributed by atoms with Crippen molar-refractivity contribution in [3.05, 3.63) is 51.6 Å². The van der Waals surface area contributed by atoms with Crippen LogP contribution in [-0.2, 0) is 10.0 Å². The highest BCUT2D eigenvalue weighted by molar-refractivity contribution is 9.11. The van der Waals surface area contributed by atoms with E-state index in [9.17, 15) is 12.8 Å². The number of hydrogen-bond donors (Lipinski definition) is 0. The average molecular weight is 390 g/mol. The molecule has 0 spiro atoms. The van der Waals surface area contributed by atoms with E-state index in [-0.39, 0.29) is 11.9 Å². The van der Waals surface area contributed by atoms with Crippen molar-refractivity contribution in [2.75, 3.05) is 6.54 Å². The lowest BCUT2D eigenvalue weighted by Crippen LogP contribution is -2.30. The Morgan fingerprint density at radius 3 is 2.52 bits per heavy atom. The maximum Gasteiger partial charge on any atom is 0.253 e. The maximum absolute atomic E-state index is 13.0. The first-order chi connectivity index (χ1) is 9.98. The number of benzene rings is 1. The number of thiophene rings is 1. The zero-order chi connectivity index (χ0) is 15.0. The molecule has 1 aliphatic heterocycles. The zero-order valence-electron chi connectivity index (χ0n) is 11.0. The van der Waals surface area contributed by atoms with Crippen molar-refractivity contribution in [1.82, 2.24) is 4.31 Å². The molecule has 2 aromatic rings. The molecule has 0 saturated carbocycles. The highest BCUT2D eigenvalue weighted by Gasteiger charge is 2.36. The van der Waals surface area contributed by atoms with Crippen molar-refractivity contribution in [3.63, 3.8) is 0 Å². The summed E-state index contributed by atoms with van der Waals surface area (Å²) in [5, 5.41) is 0. The van der Waals surface area contributed by atoms with Gasteiger partial charge in [0.2, 0.25) is 0 Å². The lowest BCUT2D eigenvalue weighted by Gasteiger charge is -2.23. The number of rotatable bonds is 3. The Morgan fingerprint density at radius 1 is 1.19 bits per heavy atom. The number of nitrogens with zero attached hydrogens (tertiary/aromatic N) is 1. The summed E-state index contributed by atoms with van der Waals surface area (Å²) in [7, 11) is -3.50. The van der Waals surface area contributed by atoms with Crippen LogP contribution in [0.3, 0.4) is 0 Å². The van der Waals surface area contributed by atoms with Gasteiger partial charge in [-0.05, 0) is 58.6 Å². The van der Waals surface area contributed by atoms with Gasteiger partial charge in [-0.1, -0.05) is 12.1 Å². The molecule has 0 unspecified atom stereocenters. The van der Waals surface area contributed by atoms with Gasteiger partial charge in [0.25, 0.3) is 10.0 Å². The Bertz CT molecular complexity index is 743. The largest absolute Gasteiger partial charge is 0.253 e. The topological polar surface area (TPSA) is 37.4 Å². The van der Waals surface area contributed by atoms with Crippen LogP contribution in [0, 0.1) is 5.82 Å². The molecule has 1 saturated heterocycles. The molecule has 1 aliphatic rings. The smallest absolute Gasteiger partial charge is 0.207 e. The molecular weight excluding hydrogens is 377 g/mol. The predicted molar refractivity (Wildman–Crippen MR) is 84.3 cm³/mol. The van der Waals surface area contributed by atoms with Gasteiger partial charge in [-0.15, -0.1) is 11.3 Å². The summed E-state index contributed by atoms with van der Waals surface area (Å²) < 4.78 is 41.2. The minimum atomic E-state index is -3.50. The minimum absolute atomic E-state index is 0.212. The van der Waals surface area contributed by atoms with Gasteiger partial charge in [0.15, 0.2) is 0 Å². The third-order valence-electron chi connectivity index (χ3n) is 3.57. The van der Waals surface area contributed by atoms with Gasteiger partial charge in [0, 0.05) is 6.54 Å². The maximum atomic E-state index is 13.0. The number of sulfonamides is 1. The fraction of sp³-hybridized carbons (Fsp3) is 0.286. The third-order valence-corrected chi connectivity index (χ3v) is 7.57. The molecule has 3 rings (SSSR count). The molecule has 3 nitrogen and oxygen atoms in total. The molecule has 21 heavy (non-hydrogen) atoms. The molecule has 1 atom stereocenters. The van der Waals surface area contributed by atoms with Crippen molar-refractivity contribution in [2.24, 2.45) is 0 Å². The van der Waals surface area contributed by atoms with Crippen LogP contribution in [0.5, 0.6) is 0 Å². The molecule has 0 bridgehead atoms. The van der Waals surface area contributed by atoms with Gasteiger partial charge in [-0.2, -0.15) is 4.31 Å². The van der Waals surface area contributed by atoms with Crippen LogP contribution < -0.4 is 0 Å². The Morgan fingerprint density at radius 2 is 1.90 bits per heavy atom. The average Bonchev–Trinajstić information content (AvgIpc) is 3.08. The van der Waals surface area contributed by atoms with Crippen LogP contribution in [0.25, 0.3) is 0 Å². The lowest BCUT2D eigenvalue weighted by molar-refractivity contribution is 0.397. The molecule has 2 heterocycles.